The summed E-state index contributed by atoms with van der Waals surface area (Å²) in [5, 5.41) is 17.0. The zero-order valence-electron chi connectivity index (χ0n) is 14.9. The number of aromatic hydroxyl groups is 1. The van der Waals surface area contributed by atoms with Crippen molar-refractivity contribution in [1.82, 2.24) is 0 Å². The molecule has 0 aliphatic heterocycles. The van der Waals surface area contributed by atoms with Crippen LogP contribution in [0.3, 0.4) is 0 Å². The molecular weight excluding hydrogens is 334 g/mol. The molecule has 0 unspecified atom stereocenters. The van der Waals surface area contributed by atoms with Gasteiger partial charge in [0.15, 0.2) is 5.78 Å². The summed E-state index contributed by atoms with van der Waals surface area (Å²) < 4.78 is 0. The van der Waals surface area contributed by atoms with Gasteiger partial charge in [-0.3, -0.25) is 4.79 Å². The summed E-state index contributed by atoms with van der Waals surface area (Å²) in [4.78, 5) is 13.2. The smallest absolute Gasteiger partial charge is 0.188 e. The lowest BCUT2D eigenvalue weighted by Gasteiger charge is -2.11. The van der Waals surface area contributed by atoms with Gasteiger partial charge >= 0.3 is 0 Å². The maximum absolute atomic E-state index is 13.2. The summed E-state index contributed by atoms with van der Waals surface area (Å²) in [5.41, 5.74) is 1.93. The van der Waals surface area contributed by atoms with Crippen molar-refractivity contribution in [3.63, 3.8) is 0 Å². The lowest BCUT2D eigenvalue weighted by atomic mass is 9.94. The minimum absolute atomic E-state index is 0.0663. The number of nitrogens with one attached hydrogen (secondary N) is 1. The molecule has 132 valence electrons. The number of ketones is 1. The number of rotatable bonds is 4. The highest BCUT2D eigenvalue weighted by atomic mass is 16.3. The Morgan fingerprint density at radius 2 is 1.41 bits per heavy atom. The summed E-state index contributed by atoms with van der Waals surface area (Å²) in [6.07, 6.45) is 1.58. The molecule has 4 rings (SSSR count). The number of phenolic OH excluding ortho intramolecular Hbond substituents is 1. The van der Waals surface area contributed by atoms with Gasteiger partial charge in [-0.05, 0) is 46.7 Å². The van der Waals surface area contributed by atoms with E-state index >= 15 is 0 Å². The van der Waals surface area contributed by atoms with Gasteiger partial charge in [0, 0.05) is 17.3 Å². The third-order valence-corrected chi connectivity index (χ3v) is 4.60. The largest absolute Gasteiger partial charge is 0.506 e. The summed E-state index contributed by atoms with van der Waals surface area (Å²) in [5.74, 6) is 0.0803. The van der Waals surface area contributed by atoms with Crippen molar-refractivity contribution in [2.45, 2.75) is 6.92 Å². The summed E-state index contributed by atoms with van der Waals surface area (Å²) >= 11 is 0. The van der Waals surface area contributed by atoms with E-state index in [2.05, 4.69) is 11.4 Å². The first-order chi connectivity index (χ1) is 13.1. The molecule has 0 bridgehead atoms. The topological polar surface area (TPSA) is 49.3 Å². The second-order valence-corrected chi connectivity index (χ2v) is 6.53. The Labute approximate surface area is 157 Å². The number of hydrogen-bond acceptors (Lipinski definition) is 3. The molecule has 0 aromatic heterocycles. The van der Waals surface area contributed by atoms with Gasteiger partial charge in [0.25, 0.3) is 0 Å². The van der Waals surface area contributed by atoms with E-state index in [1.807, 2.05) is 61.5 Å². The fourth-order valence-corrected chi connectivity index (χ4v) is 3.38. The Hall–Kier alpha value is -3.59. The van der Waals surface area contributed by atoms with Crippen molar-refractivity contribution >= 4 is 33.0 Å². The van der Waals surface area contributed by atoms with Gasteiger partial charge in [-0.15, -0.1) is 0 Å². The van der Waals surface area contributed by atoms with Crippen LogP contribution in [-0.4, -0.2) is 10.9 Å². The molecule has 0 saturated carbocycles. The number of phenols is 1. The zero-order chi connectivity index (χ0) is 18.8. The monoisotopic (exact) mass is 353 g/mol. The van der Waals surface area contributed by atoms with Crippen molar-refractivity contribution in [2.24, 2.45) is 0 Å². The molecule has 4 aromatic carbocycles. The summed E-state index contributed by atoms with van der Waals surface area (Å²) in [7, 11) is 0. The van der Waals surface area contributed by atoms with Gasteiger partial charge in [-0.2, -0.15) is 0 Å². The Bertz CT molecular complexity index is 1140. The highest BCUT2D eigenvalue weighted by molar-refractivity contribution is 6.22. The zero-order valence-corrected chi connectivity index (χ0v) is 14.9. The van der Waals surface area contributed by atoms with E-state index < -0.39 is 0 Å². The predicted molar refractivity (Wildman–Crippen MR) is 111 cm³/mol. The van der Waals surface area contributed by atoms with E-state index in [1.54, 1.807) is 24.3 Å². The number of hydrogen-bond donors (Lipinski definition) is 2. The summed E-state index contributed by atoms with van der Waals surface area (Å²) in [6, 6.07) is 24.9. The molecule has 3 nitrogen and oxygen atoms in total. The number of fused-ring (bicyclic) bond motifs is 2. The number of allylic oxidation sites excluding steroid dienone is 2. The Balaban J connectivity index is 1.80. The first-order valence-electron chi connectivity index (χ1n) is 8.81. The van der Waals surface area contributed by atoms with Gasteiger partial charge in [0.2, 0.25) is 0 Å². The van der Waals surface area contributed by atoms with Crippen molar-refractivity contribution in [2.75, 3.05) is 5.32 Å². The number of anilines is 1. The fourth-order valence-electron chi connectivity index (χ4n) is 3.38. The van der Waals surface area contributed by atoms with Crippen LogP contribution in [0.2, 0.25) is 0 Å². The maximum Gasteiger partial charge on any atom is 0.188 e. The molecule has 0 aliphatic carbocycles. The van der Waals surface area contributed by atoms with Crippen molar-refractivity contribution in [3.8, 4) is 5.75 Å². The van der Waals surface area contributed by atoms with Gasteiger partial charge in [0.05, 0.1) is 5.69 Å². The van der Waals surface area contributed by atoms with Crippen LogP contribution in [0.25, 0.3) is 21.5 Å². The van der Waals surface area contributed by atoms with E-state index in [-0.39, 0.29) is 11.5 Å². The molecule has 0 spiro atoms. The molecule has 0 amide bonds. The standard InChI is InChI=1S/C24H19NO2/c1-16(25-21-12-6-7-13-22(21)26)14-23(27)24-19-10-4-2-8-17(19)15-18-9-3-5-11-20(18)24/h2-15,25-26H,1H3/b16-14-. The SMILES string of the molecule is C/C(=C/C(=O)c1c2ccccc2cc2ccccc12)Nc1ccccc1O. The highest BCUT2D eigenvalue weighted by Crippen LogP contribution is 2.29. The van der Waals surface area contributed by atoms with Crippen LogP contribution >= 0.6 is 0 Å². The molecule has 0 aliphatic rings. The Morgan fingerprint density at radius 1 is 0.852 bits per heavy atom. The van der Waals surface area contributed by atoms with E-state index in [0.29, 0.717) is 16.9 Å². The Morgan fingerprint density at radius 3 is 2.04 bits per heavy atom. The van der Waals surface area contributed by atoms with E-state index in [0.717, 1.165) is 21.5 Å². The van der Waals surface area contributed by atoms with Gasteiger partial charge in [0.1, 0.15) is 5.75 Å². The average Bonchev–Trinajstić information content (AvgIpc) is 2.67. The molecule has 0 heterocycles. The van der Waals surface area contributed by atoms with Crippen LogP contribution in [0.5, 0.6) is 5.75 Å². The quantitative estimate of drug-likeness (QED) is 0.208. The molecule has 0 radical (unpaired) electrons. The van der Waals surface area contributed by atoms with Crippen LogP contribution in [0.1, 0.15) is 17.3 Å². The maximum atomic E-state index is 13.2. The second-order valence-electron chi connectivity index (χ2n) is 6.53. The van der Waals surface area contributed by atoms with Crippen molar-refractivity contribution < 1.29 is 9.90 Å². The van der Waals surface area contributed by atoms with E-state index in [9.17, 15) is 9.90 Å². The van der Waals surface area contributed by atoms with Crippen LogP contribution < -0.4 is 5.32 Å². The lowest BCUT2D eigenvalue weighted by Crippen LogP contribution is -2.03. The van der Waals surface area contributed by atoms with Gasteiger partial charge in [-0.25, -0.2) is 0 Å². The minimum Gasteiger partial charge on any atom is -0.506 e. The minimum atomic E-state index is -0.0663. The van der Waals surface area contributed by atoms with Crippen molar-refractivity contribution in [1.29, 1.82) is 0 Å². The van der Waals surface area contributed by atoms with Crippen LogP contribution in [0, 0.1) is 0 Å². The molecule has 3 heteroatoms. The van der Waals surface area contributed by atoms with E-state index in [4.69, 9.17) is 0 Å². The summed E-state index contributed by atoms with van der Waals surface area (Å²) in [6.45, 7) is 1.82. The van der Waals surface area contributed by atoms with Gasteiger partial charge in [-0.1, -0.05) is 60.7 Å². The molecule has 27 heavy (non-hydrogen) atoms. The fraction of sp³-hybridized carbons (Fsp3) is 0.0417. The predicted octanol–water partition coefficient (Wildman–Crippen LogP) is 5.90. The van der Waals surface area contributed by atoms with Crippen molar-refractivity contribution in [3.05, 3.63) is 96.2 Å². The van der Waals surface area contributed by atoms with E-state index in [1.165, 1.54) is 0 Å². The molecule has 2 N–H and O–H groups in total. The van der Waals surface area contributed by atoms with Gasteiger partial charge < -0.3 is 10.4 Å². The third kappa shape index (κ3) is 3.27. The average molecular weight is 353 g/mol. The number of benzene rings is 4. The lowest BCUT2D eigenvalue weighted by molar-refractivity contribution is 0.104. The van der Waals surface area contributed by atoms with Crippen LogP contribution in [0.4, 0.5) is 5.69 Å². The first-order valence-corrected chi connectivity index (χ1v) is 8.81. The molecule has 0 saturated heterocycles. The third-order valence-electron chi connectivity index (χ3n) is 4.60. The molecular formula is C24H19NO2. The molecule has 0 fully saturated rings. The number of carbonyl (C=O) groups excluding carboxylic acids is 1. The highest BCUT2D eigenvalue weighted by Gasteiger charge is 2.13. The number of para-hydroxylation sites is 2. The molecule has 0 atom stereocenters. The van der Waals surface area contributed by atoms with Crippen LogP contribution in [0.15, 0.2) is 90.6 Å². The first kappa shape index (κ1) is 16.9. The number of carbonyl (C=O) groups is 1. The van der Waals surface area contributed by atoms with Crippen LogP contribution in [-0.2, 0) is 0 Å². The second kappa shape index (κ2) is 6.96. The molecule has 4 aromatic rings. The normalized spacial score (nSPS) is 11.7. The Kier molecular flexibility index (Phi) is 4.35.